The molecule has 2 aliphatic heterocycles. The number of H-pyrrole nitrogens is 1. The Labute approximate surface area is 238 Å². The van der Waals surface area contributed by atoms with E-state index in [1.54, 1.807) is 13.1 Å². The molecule has 1 fully saturated rings. The number of carbonyl (C=O) groups excluding carboxylic acids is 3. The fraction of sp³-hybridized carbons (Fsp3) is 0.333. The highest BCUT2D eigenvalue weighted by molar-refractivity contribution is 8.00. The lowest BCUT2D eigenvalue weighted by atomic mass is 10.0. The number of nitrogens with two attached hydrogens (primary N) is 1. The predicted molar refractivity (Wildman–Crippen MR) is 140 cm³/mol. The van der Waals surface area contributed by atoms with E-state index in [0.717, 1.165) is 22.0 Å². The number of carbonyl (C=O) groups is 3. The summed E-state index contributed by atoms with van der Waals surface area (Å²) in [4.78, 5) is 48.4. The molecule has 0 radical (unpaired) electrons. The fourth-order valence-electron chi connectivity index (χ4n) is 3.99. The summed E-state index contributed by atoms with van der Waals surface area (Å²) in [7, 11) is 0. The van der Waals surface area contributed by atoms with Crippen molar-refractivity contribution in [1.29, 1.82) is 0 Å². The number of aromatic amines is 1. The summed E-state index contributed by atoms with van der Waals surface area (Å²) in [6.45, 7) is 2.10. The maximum Gasteiger partial charge on any atom is 0.278 e. The Balaban J connectivity index is 1.30. The Morgan fingerprint density at radius 1 is 1.45 bits per heavy atom. The number of carboxylic acids is 1. The van der Waals surface area contributed by atoms with E-state index in [9.17, 15) is 19.5 Å². The number of nitrogens with one attached hydrogen (secondary N) is 2. The maximum atomic E-state index is 13.1. The lowest BCUT2D eigenvalue weighted by Crippen LogP contribution is -2.71. The van der Waals surface area contributed by atoms with E-state index in [2.05, 4.69) is 40.5 Å². The highest BCUT2D eigenvalue weighted by atomic mass is 32.2. The van der Waals surface area contributed by atoms with Crippen molar-refractivity contribution in [2.75, 3.05) is 18.1 Å². The minimum atomic E-state index is -1.47. The number of oxime groups is 1. The Hall–Kier alpha value is -4.10. The van der Waals surface area contributed by atoms with Crippen LogP contribution >= 0.6 is 35.1 Å². The molecule has 3 aromatic heterocycles. The average Bonchev–Trinajstić information content (AvgIpc) is 3.62. The van der Waals surface area contributed by atoms with Gasteiger partial charge in [0.25, 0.3) is 11.8 Å². The number of fused-ring (bicyclic) bond motifs is 1. The second-order valence-electron chi connectivity index (χ2n) is 8.28. The number of aromatic nitrogens is 7. The zero-order valence-corrected chi connectivity index (χ0v) is 23.2. The van der Waals surface area contributed by atoms with E-state index >= 15 is 0 Å². The molecule has 2 aliphatic rings. The smallest absolute Gasteiger partial charge is 0.278 e. The number of tetrazole rings is 1. The summed E-state index contributed by atoms with van der Waals surface area (Å²) in [5.74, 6) is -1.96. The van der Waals surface area contributed by atoms with Crippen LogP contribution in [-0.4, -0.2) is 82.2 Å². The quantitative estimate of drug-likeness (QED) is 0.0714. The molecule has 19 heteroatoms. The minimum Gasteiger partial charge on any atom is -0.543 e. The van der Waals surface area contributed by atoms with Gasteiger partial charge in [0.15, 0.2) is 24.1 Å². The lowest BCUT2D eigenvalue weighted by molar-refractivity contribution is -0.689. The predicted octanol–water partition coefficient (Wildman–Crippen LogP) is -1.94. The van der Waals surface area contributed by atoms with Crippen molar-refractivity contribution in [3.8, 4) is 0 Å². The highest BCUT2D eigenvalue weighted by Crippen LogP contribution is 2.40. The zero-order valence-electron chi connectivity index (χ0n) is 20.7. The van der Waals surface area contributed by atoms with Crippen molar-refractivity contribution >= 4 is 63.7 Å². The Bertz CT molecular complexity index is 1490. The van der Waals surface area contributed by atoms with Crippen LogP contribution in [0.2, 0.25) is 0 Å². The summed E-state index contributed by atoms with van der Waals surface area (Å²) in [6, 6.07) is 2.78. The van der Waals surface area contributed by atoms with Gasteiger partial charge in [-0.2, -0.15) is 14.6 Å². The number of pyridine rings is 1. The summed E-state index contributed by atoms with van der Waals surface area (Å²) in [5, 5.41) is 32.3. The number of anilines is 1. The van der Waals surface area contributed by atoms with Gasteiger partial charge in [-0.25, -0.2) is 4.57 Å². The first-order valence-electron chi connectivity index (χ1n) is 11.7. The molecular weight excluding hydrogens is 583 g/mol. The van der Waals surface area contributed by atoms with Crippen molar-refractivity contribution in [1.82, 2.24) is 40.2 Å². The molecule has 1 unspecified atom stereocenters. The van der Waals surface area contributed by atoms with Crippen LogP contribution in [0.5, 0.6) is 0 Å². The molecule has 0 aliphatic carbocycles. The van der Waals surface area contributed by atoms with Gasteiger partial charge in [-0.1, -0.05) is 16.9 Å². The van der Waals surface area contributed by atoms with Gasteiger partial charge in [0.05, 0.1) is 11.7 Å². The third kappa shape index (κ3) is 5.75. The first-order valence-corrected chi connectivity index (χ1v) is 14.5. The number of amides is 2. The van der Waals surface area contributed by atoms with Gasteiger partial charge in [0.1, 0.15) is 18.0 Å². The van der Waals surface area contributed by atoms with E-state index in [1.165, 1.54) is 23.5 Å². The highest BCUT2D eigenvalue weighted by Gasteiger charge is 2.53. The summed E-state index contributed by atoms with van der Waals surface area (Å²) >= 11 is 3.61. The maximum absolute atomic E-state index is 13.1. The number of nitrogens with zero attached hydrogens (tertiary/aromatic N) is 8. The van der Waals surface area contributed by atoms with Crippen LogP contribution in [0.25, 0.3) is 0 Å². The molecule has 0 spiro atoms. The Morgan fingerprint density at radius 3 is 3.00 bits per heavy atom. The van der Waals surface area contributed by atoms with E-state index in [0.29, 0.717) is 22.2 Å². The van der Waals surface area contributed by atoms with Crippen LogP contribution in [0.1, 0.15) is 18.3 Å². The number of carboxylic acid groups (broad SMARTS) is 1. The van der Waals surface area contributed by atoms with Crippen LogP contribution in [0.3, 0.4) is 0 Å². The first-order chi connectivity index (χ1) is 19.4. The third-order valence-electron chi connectivity index (χ3n) is 5.67. The van der Waals surface area contributed by atoms with Crippen molar-refractivity contribution in [2.24, 2.45) is 5.16 Å². The molecule has 16 nitrogen and oxygen atoms in total. The van der Waals surface area contributed by atoms with Crippen LogP contribution in [0, 0.1) is 0 Å². The molecule has 5 rings (SSSR count). The monoisotopic (exact) mass is 603 g/mol. The molecule has 0 bridgehead atoms. The number of aliphatic carboxylic acids is 1. The van der Waals surface area contributed by atoms with Gasteiger partial charge in [-0.15, -0.1) is 22.0 Å². The first kappa shape index (κ1) is 27.5. The zero-order chi connectivity index (χ0) is 28.2. The third-order valence-corrected chi connectivity index (χ3v) is 8.46. The van der Waals surface area contributed by atoms with Crippen LogP contribution in [-0.2, 0) is 31.5 Å². The normalized spacial score (nSPS) is 18.8. The van der Waals surface area contributed by atoms with Gasteiger partial charge in [0, 0.05) is 40.2 Å². The van der Waals surface area contributed by atoms with Crippen LogP contribution in [0.15, 0.2) is 46.1 Å². The molecule has 208 valence electrons. The summed E-state index contributed by atoms with van der Waals surface area (Å²) in [5.41, 5.74) is 6.65. The SMILES string of the molecule is CCON=C(C(=O)NC1C(=O)N2C(C(=O)[O-])=C(C[n+]3cccc(CSc4nn[nH]n4)c3)CS[C@H]12)c1nsc(N)n1. The van der Waals surface area contributed by atoms with Crippen molar-refractivity contribution in [3.05, 3.63) is 47.2 Å². The Morgan fingerprint density at radius 2 is 2.30 bits per heavy atom. The van der Waals surface area contributed by atoms with E-state index in [-0.39, 0.29) is 35.5 Å². The number of β-lactam (4-membered cyclic amide) rings is 1. The van der Waals surface area contributed by atoms with Crippen molar-refractivity contribution in [2.45, 2.75) is 35.8 Å². The number of hydrogen-bond acceptors (Lipinski definition) is 15. The van der Waals surface area contributed by atoms with E-state index < -0.39 is 29.2 Å². The lowest BCUT2D eigenvalue weighted by Gasteiger charge is -2.50. The molecule has 40 heavy (non-hydrogen) atoms. The van der Waals surface area contributed by atoms with Gasteiger partial charge in [-0.05, 0) is 18.2 Å². The fourth-order valence-corrected chi connectivity index (χ4v) is 6.43. The van der Waals surface area contributed by atoms with E-state index in [4.69, 9.17) is 10.6 Å². The summed E-state index contributed by atoms with van der Waals surface area (Å²) in [6.07, 6.45) is 3.68. The number of nitrogen functional groups attached to an aromatic ring is 1. The van der Waals surface area contributed by atoms with Gasteiger partial charge in [0.2, 0.25) is 16.7 Å². The van der Waals surface area contributed by atoms with Crippen LogP contribution < -0.4 is 20.7 Å². The second-order valence-corrected chi connectivity index (χ2v) is 11.1. The van der Waals surface area contributed by atoms with Gasteiger partial charge < -0.3 is 25.8 Å². The standard InChI is InChI=1S/C21H21N11O5S3/c1-2-37-27-12(15-24-20(22)40-28-15)16(33)23-13-17(34)32-14(19(35)36)11(9-38-18(13)32)7-31-5-3-4-10(6-31)8-39-21-25-29-30-26-21/h3-6,13,18H,2,7-9H2,1H3,(H4-,22,23,24,25,26,28,29,30,33,35,36)/t13?,18-/m1/s1. The minimum absolute atomic E-state index is 0.0408. The Kier molecular flexibility index (Phi) is 8.21. The molecule has 0 aromatic carbocycles. The second kappa shape index (κ2) is 12.0. The van der Waals surface area contributed by atoms with Crippen molar-refractivity contribution in [3.63, 3.8) is 0 Å². The van der Waals surface area contributed by atoms with E-state index in [1.807, 2.05) is 22.9 Å². The molecule has 0 saturated carbocycles. The molecule has 1 saturated heterocycles. The molecule has 2 atom stereocenters. The molecule has 4 N–H and O–H groups in total. The topological polar surface area (TPSA) is 221 Å². The average molecular weight is 604 g/mol. The van der Waals surface area contributed by atoms with Crippen LogP contribution in [0.4, 0.5) is 5.13 Å². The number of rotatable bonds is 11. The van der Waals surface area contributed by atoms with Crippen molar-refractivity contribution < 1.29 is 28.9 Å². The molecule has 2 amide bonds. The van der Waals surface area contributed by atoms with Gasteiger partial charge in [-0.3, -0.25) is 14.5 Å². The summed E-state index contributed by atoms with van der Waals surface area (Å²) < 4.78 is 5.81. The molecular formula is C21H21N11O5S3. The molecule has 5 heterocycles. The number of thioether (sulfide) groups is 2. The van der Waals surface area contributed by atoms with Gasteiger partial charge >= 0.3 is 0 Å². The number of hydrogen-bond donors (Lipinski definition) is 3. The molecule has 3 aromatic rings. The largest absolute Gasteiger partial charge is 0.543 e.